The number of methoxy groups -OCH3 is 1. The van der Waals surface area contributed by atoms with Gasteiger partial charge in [-0.2, -0.15) is 0 Å². The summed E-state index contributed by atoms with van der Waals surface area (Å²) in [7, 11) is 1.62. The summed E-state index contributed by atoms with van der Waals surface area (Å²) >= 11 is 0. The van der Waals surface area contributed by atoms with E-state index in [1.54, 1.807) is 13.3 Å². The maximum absolute atomic E-state index is 5.12. The zero-order valence-corrected chi connectivity index (χ0v) is 13.6. The second-order valence-corrected chi connectivity index (χ2v) is 5.36. The van der Waals surface area contributed by atoms with Crippen molar-refractivity contribution in [2.24, 2.45) is 10.9 Å². The third-order valence-electron chi connectivity index (χ3n) is 3.02. The zero-order chi connectivity index (χ0) is 15.5. The van der Waals surface area contributed by atoms with Gasteiger partial charge in [0.2, 0.25) is 5.88 Å². The summed E-state index contributed by atoms with van der Waals surface area (Å²) in [5, 5.41) is 6.63. The van der Waals surface area contributed by atoms with Crippen molar-refractivity contribution in [2.75, 3.05) is 20.2 Å². The molecule has 5 nitrogen and oxygen atoms in total. The standard InChI is InChI=1S/C16H28N4O/c1-5-17-16(19-9-6-7-13(2)3)20-12-14-8-10-18-15(11-14)21-4/h8,10-11,13H,5-7,9,12H2,1-4H3,(H2,17,19,20). The Morgan fingerprint density at radius 1 is 1.38 bits per heavy atom. The van der Waals surface area contributed by atoms with Crippen LogP contribution in [0.3, 0.4) is 0 Å². The highest BCUT2D eigenvalue weighted by Crippen LogP contribution is 2.09. The second kappa shape index (κ2) is 10.0. The van der Waals surface area contributed by atoms with Crippen LogP contribution in [0.4, 0.5) is 0 Å². The van der Waals surface area contributed by atoms with Gasteiger partial charge in [0.05, 0.1) is 13.7 Å². The van der Waals surface area contributed by atoms with Gasteiger partial charge in [0, 0.05) is 25.4 Å². The van der Waals surface area contributed by atoms with Crippen LogP contribution >= 0.6 is 0 Å². The van der Waals surface area contributed by atoms with Crippen LogP contribution in [0.15, 0.2) is 23.3 Å². The molecule has 0 amide bonds. The molecule has 1 aromatic heterocycles. The number of nitrogens with zero attached hydrogens (tertiary/aromatic N) is 2. The maximum atomic E-state index is 5.12. The summed E-state index contributed by atoms with van der Waals surface area (Å²) in [4.78, 5) is 8.68. The molecule has 1 rings (SSSR count). The lowest BCUT2D eigenvalue weighted by Crippen LogP contribution is -2.37. The first-order valence-corrected chi connectivity index (χ1v) is 7.66. The minimum Gasteiger partial charge on any atom is -0.481 e. The van der Waals surface area contributed by atoms with E-state index in [0.717, 1.165) is 37.0 Å². The Hall–Kier alpha value is -1.78. The summed E-state index contributed by atoms with van der Waals surface area (Å²) in [5.41, 5.74) is 1.08. The van der Waals surface area contributed by atoms with Crippen LogP contribution in [-0.4, -0.2) is 31.1 Å². The number of rotatable bonds is 8. The molecular formula is C16H28N4O. The lowest BCUT2D eigenvalue weighted by molar-refractivity contribution is 0.397. The predicted molar refractivity (Wildman–Crippen MR) is 87.7 cm³/mol. The summed E-state index contributed by atoms with van der Waals surface area (Å²) in [6.45, 7) is 8.98. The van der Waals surface area contributed by atoms with Crippen LogP contribution in [0, 0.1) is 5.92 Å². The van der Waals surface area contributed by atoms with Gasteiger partial charge in [-0.05, 0) is 37.3 Å². The van der Waals surface area contributed by atoms with E-state index in [2.05, 4.69) is 41.4 Å². The van der Waals surface area contributed by atoms with Crippen LogP contribution < -0.4 is 15.4 Å². The second-order valence-electron chi connectivity index (χ2n) is 5.36. The van der Waals surface area contributed by atoms with Crippen molar-refractivity contribution >= 4 is 5.96 Å². The van der Waals surface area contributed by atoms with Crippen LogP contribution in [0.1, 0.15) is 39.2 Å². The van der Waals surface area contributed by atoms with Gasteiger partial charge in [-0.15, -0.1) is 0 Å². The van der Waals surface area contributed by atoms with Crippen LogP contribution in [-0.2, 0) is 6.54 Å². The average Bonchev–Trinajstić information content (AvgIpc) is 2.49. The minimum atomic E-state index is 0.610. The van der Waals surface area contributed by atoms with Gasteiger partial charge >= 0.3 is 0 Å². The topological polar surface area (TPSA) is 58.5 Å². The third kappa shape index (κ3) is 7.54. The largest absolute Gasteiger partial charge is 0.481 e. The molecule has 0 fully saturated rings. The predicted octanol–water partition coefficient (Wildman–Crippen LogP) is 2.58. The van der Waals surface area contributed by atoms with Gasteiger partial charge in [-0.1, -0.05) is 13.8 Å². The number of hydrogen-bond acceptors (Lipinski definition) is 3. The van der Waals surface area contributed by atoms with Crippen LogP contribution in [0.5, 0.6) is 5.88 Å². The van der Waals surface area contributed by atoms with Gasteiger partial charge in [-0.25, -0.2) is 9.98 Å². The van der Waals surface area contributed by atoms with Crippen molar-refractivity contribution in [3.05, 3.63) is 23.9 Å². The van der Waals surface area contributed by atoms with E-state index < -0.39 is 0 Å². The molecule has 0 radical (unpaired) electrons. The highest BCUT2D eigenvalue weighted by atomic mass is 16.5. The normalized spacial score (nSPS) is 11.6. The molecule has 1 aromatic rings. The van der Waals surface area contributed by atoms with E-state index in [1.807, 2.05) is 12.1 Å². The molecule has 1 heterocycles. The van der Waals surface area contributed by atoms with Crippen molar-refractivity contribution in [3.8, 4) is 5.88 Å². The molecule has 0 bridgehead atoms. The minimum absolute atomic E-state index is 0.610. The summed E-state index contributed by atoms with van der Waals surface area (Å²) in [6.07, 6.45) is 4.13. The van der Waals surface area contributed by atoms with E-state index >= 15 is 0 Å². The van der Waals surface area contributed by atoms with Gasteiger partial charge in [0.1, 0.15) is 0 Å². The number of pyridine rings is 1. The van der Waals surface area contributed by atoms with Crippen molar-refractivity contribution in [1.29, 1.82) is 0 Å². The van der Waals surface area contributed by atoms with Gasteiger partial charge in [0.25, 0.3) is 0 Å². The number of ether oxygens (including phenoxy) is 1. The van der Waals surface area contributed by atoms with Crippen molar-refractivity contribution in [3.63, 3.8) is 0 Å². The molecule has 5 heteroatoms. The van der Waals surface area contributed by atoms with Crippen LogP contribution in [0.2, 0.25) is 0 Å². The molecule has 0 aliphatic rings. The van der Waals surface area contributed by atoms with Crippen molar-refractivity contribution in [1.82, 2.24) is 15.6 Å². The molecule has 0 aliphatic heterocycles. The molecule has 0 unspecified atom stereocenters. The first-order valence-electron chi connectivity index (χ1n) is 7.66. The molecule has 2 N–H and O–H groups in total. The van der Waals surface area contributed by atoms with E-state index in [1.165, 1.54) is 6.42 Å². The van der Waals surface area contributed by atoms with E-state index in [0.29, 0.717) is 12.4 Å². The van der Waals surface area contributed by atoms with E-state index in [4.69, 9.17) is 4.74 Å². The quantitative estimate of drug-likeness (QED) is 0.439. The van der Waals surface area contributed by atoms with Gasteiger partial charge in [-0.3, -0.25) is 0 Å². The number of aliphatic imine (C=N–C) groups is 1. The molecule has 0 spiro atoms. The third-order valence-corrected chi connectivity index (χ3v) is 3.02. The zero-order valence-electron chi connectivity index (χ0n) is 13.6. The first-order chi connectivity index (χ1) is 10.2. The van der Waals surface area contributed by atoms with Gasteiger partial charge in [0.15, 0.2) is 5.96 Å². The SMILES string of the molecule is CCNC(=NCc1ccnc(OC)c1)NCCCC(C)C. The number of hydrogen-bond donors (Lipinski definition) is 2. The molecule has 21 heavy (non-hydrogen) atoms. The van der Waals surface area contributed by atoms with E-state index in [9.17, 15) is 0 Å². The Bertz CT molecular complexity index is 432. The fraction of sp³-hybridized carbons (Fsp3) is 0.625. The lowest BCUT2D eigenvalue weighted by atomic mass is 10.1. The van der Waals surface area contributed by atoms with Gasteiger partial charge < -0.3 is 15.4 Å². The maximum Gasteiger partial charge on any atom is 0.213 e. The summed E-state index contributed by atoms with van der Waals surface area (Å²) in [6, 6.07) is 3.86. The Balaban J connectivity index is 2.50. The fourth-order valence-corrected chi connectivity index (χ4v) is 1.89. The smallest absolute Gasteiger partial charge is 0.213 e. The molecule has 0 aliphatic carbocycles. The highest BCUT2D eigenvalue weighted by Gasteiger charge is 2.00. The Morgan fingerprint density at radius 3 is 2.86 bits per heavy atom. The molecule has 0 atom stereocenters. The molecule has 118 valence electrons. The van der Waals surface area contributed by atoms with Crippen molar-refractivity contribution in [2.45, 2.75) is 40.2 Å². The average molecular weight is 292 g/mol. The number of aromatic nitrogens is 1. The first kappa shape index (κ1) is 17.3. The van der Waals surface area contributed by atoms with Crippen molar-refractivity contribution < 1.29 is 4.74 Å². The Labute approximate surface area is 128 Å². The monoisotopic (exact) mass is 292 g/mol. The summed E-state index contributed by atoms with van der Waals surface area (Å²) < 4.78 is 5.12. The van der Waals surface area contributed by atoms with Crippen LogP contribution in [0.25, 0.3) is 0 Å². The fourth-order valence-electron chi connectivity index (χ4n) is 1.89. The Morgan fingerprint density at radius 2 is 2.19 bits per heavy atom. The molecule has 0 saturated carbocycles. The molecule has 0 aromatic carbocycles. The molecule has 0 saturated heterocycles. The summed E-state index contributed by atoms with van der Waals surface area (Å²) in [5.74, 6) is 2.23. The lowest BCUT2D eigenvalue weighted by Gasteiger charge is -2.12. The van der Waals surface area contributed by atoms with E-state index in [-0.39, 0.29) is 0 Å². The number of nitrogens with one attached hydrogen (secondary N) is 2. The molecular weight excluding hydrogens is 264 g/mol. The number of guanidine groups is 1. The Kier molecular flexibility index (Phi) is 8.24. The highest BCUT2D eigenvalue weighted by molar-refractivity contribution is 5.79.